The van der Waals surface area contributed by atoms with Crippen molar-refractivity contribution in [3.05, 3.63) is 0 Å². The molecule has 0 radical (unpaired) electrons. The molecule has 1 rings (SSSR count). The first-order valence-corrected chi connectivity index (χ1v) is 4.20. The van der Waals surface area contributed by atoms with Crippen molar-refractivity contribution >= 4 is 0 Å². The Bertz CT molecular complexity index is 39.7. The topological polar surface area (TPSA) is 21.3 Å². The molecule has 10 heavy (non-hydrogen) atoms. The fourth-order valence-electron chi connectivity index (χ4n) is 0.516. The normalized spacial score (nSPS) is 17.4. The molecule has 62 valence electrons. The third kappa shape index (κ3) is 7.92. The largest absolute Gasteiger partial charge is 0.379 e. The van der Waals surface area contributed by atoms with Crippen LogP contribution in [0.3, 0.4) is 0 Å². The van der Waals surface area contributed by atoms with Crippen LogP contribution in [0.1, 0.15) is 26.7 Å². The molecule has 2 nitrogen and oxygen atoms in total. The summed E-state index contributed by atoms with van der Waals surface area (Å²) < 4.78 is 5.01. The van der Waals surface area contributed by atoms with Gasteiger partial charge in [-0.05, 0) is 0 Å². The summed E-state index contributed by atoms with van der Waals surface area (Å²) in [4.78, 5) is 0. The second kappa shape index (κ2) is 8.92. The molecule has 0 aromatic rings. The molecule has 0 spiro atoms. The van der Waals surface area contributed by atoms with Gasteiger partial charge in [-0.15, -0.1) is 0 Å². The summed E-state index contributed by atoms with van der Waals surface area (Å²) in [6.07, 6.45) is 2.64. The van der Waals surface area contributed by atoms with Gasteiger partial charge in [0.25, 0.3) is 0 Å². The van der Waals surface area contributed by atoms with Gasteiger partial charge in [0, 0.05) is 13.1 Å². The van der Waals surface area contributed by atoms with E-state index >= 15 is 0 Å². The van der Waals surface area contributed by atoms with E-state index in [2.05, 4.69) is 19.2 Å². The van der Waals surface area contributed by atoms with E-state index in [0.717, 1.165) is 26.3 Å². The monoisotopic (exact) mass is 145 g/mol. The highest BCUT2D eigenvalue weighted by Gasteiger charge is 1.92. The molecule has 0 atom stereocenters. The molecule has 0 aliphatic carbocycles. The summed E-state index contributed by atoms with van der Waals surface area (Å²) >= 11 is 0. The van der Waals surface area contributed by atoms with Gasteiger partial charge in [0.2, 0.25) is 0 Å². The van der Waals surface area contributed by atoms with Crippen molar-refractivity contribution in [3.63, 3.8) is 0 Å². The Kier molecular flexibility index (Phi) is 8.85. The molecule has 0 bridgehead atoms. The Morgan fingerprint density at radius 1 is 1.10 bits per heavy atom. The number of rotatable bonds is 1. The van der Waals surface area contributed by atoms with Crippen LogP contribution in [0.2, 0.25) is 0 Å². The molecular formula is C8H19NO. The molecule has 1 aliphatic heterocycles. The summed E-state index contributed by atoms with van der Waals surface area (Å²) in [5.74, 6) is 0. The standard InChI is InChI=1S/C4H9NO.C4H10/c1-3-6-4-2-5-1;1-3-4-2/h5H,1-4H2;3-4H2,1-2H3. The van der Waals surface area contributed by atoms with Gasteiger partial charge in [0.05, 0.1) is 13.2 Å². The zero-order valence-corrected chi connectivity index (χ0v) is 7.15. The van der Waals surface area contributed by atoms with E-state index in [0.29, 0.717) is 0 Å². The molecule has 2 heteroatoms. The fraction of sp³-hybridized carbons (Fsp3) is 1.00. The maximum Gasteiger partial charge on any atom is 0.0591 e. The molecule has 1 aliphatic rings. The van der Waals surface area contributed by atoms with Crippen LogP contribution >= 0.6 is 0 Å². The fourth-order valence-corrected chi connectivity index (χ4v) is 0.516. The smallest absolute Gasteiger partial charge is 0.0591 e. The quantitative estimate of drug-likeness (QED) is 0.602. The molecule has 1 saturated heterocycles. The summed E-state index contributed by atoms with van der Waals surface area (Å²) in [5, 5.41) is 3.16. The molecular weight excluding hydrogens is 126 g/mol. The van der Waals surface area contributed by atoms with Gasteiger partial charge in [0.15, 0.2) is 0 Å². The number of unbranched alkanes of at least 4 members (excludes halogenated alkanes) is 1. The highest BCUT2D eigenvalue weighted by Crippen LogP contribution is 1.77. The van der Waals surface area contributed by atoms with Gasteiger partial charge in [-0.1, -0.05) is 26.7 Å². The summed E-state index contributed by atoms with van der Waals surface area (Å²) in [6.45, 7) is 8.19. The van der Waals surface area contributed by atoms with Crippen LogP contribution < -0.4 is 5.32 Å². The maximum atomic E-state index is 5.01. The predicted molar refractivity (Wildman–Crippen MR) is 44.3 cm³/mol. The Hall–Kier alpha value is -0.0800. The van der Waals surface area contributed by atoms with Crippen molar-refractivity contribution in [3.8, 4) is 0 Å². The van der Waals surface area contributed by atoms with Crippen molar-refractivity contribution < 1.29 is 4.74 Å². The average Bonchev–Trinajstić information content (AvgIpc) is 2.08. The van der Waals surface area contributed by atoms with Crippen LogP contribution in [-0.2, 0) is 4.74 Å². The van der Waals surface area contributed by atoms with Crippen LogP contribution in [0.4, 0.5) is 0 Å². The summed E-state index contributed by atoms with van der Waals surface area (Å²) in [6, 6.07) is 0. The van der Waals surface area contributed by atoms with E-state index in [4.69, 9.17) is 4.74 Å². The van der Waals surface area contributed by atoms with Gasteiger partial charge in [-0.2, -0.15) is 0 Å². The lowest BCUT2D eigenvalue weighted by molar-refractivity contribution is 0.109. The summed E-state index contributed by atoms with van der Waals surface area (Å²) in [5.41, 5.74) is 0. The van der Waals surface area contributed by atoms with Crippen molar-refractivity contribution in [1.82, 2.24) is 5.32 Å². The van der Waals surface area contributed by atoms with E-state index in [1.165, 1.54) is 12.8 Å². The second-order valence-electron chi connectivity index (χ2n) is 2.36. The highest BCUT2D eigenvalue weighted by molar-refractivity contribution is 4.49. The minimum Gasteiger partial charge on any atom is -0.379 e. The predicted octanol–water partition coefficient (Wildman–Crippen LogP) is 1.41. The first-order chi connectivity index (χ1) is 4.91. The summed E-state index contributed by atoms with van der Waals surface area (Å²) in [7, 11) is 0. The van der Waals surface area contributed by atoms with Gasteiger partial charge >= 0.3 is 0 Å². The maximum absolute atomic E-state index is 5.01. The Morgan fingerprint density at radius 2 is 1.60 bits per heavy atom. The van der Waals surface area contributed by atoms with E-state index in [1.54, 1.807) is 0 Å². The van der Waals surface area contributed by atoms with Gasteiger partial charge in [-0.25, -0.2) is 0 Å². The first kappa shape index (κ1) is 9.92. The molecule has 1 N–H and O–H groups in total. The van der Waals surface area contributed by atoms with Crippen molar-refractivity contribution in [1.29, 1.82) is 0 Å². The highest BCUT2D eigenvalue weighted by atomic mass is 16.5. The van der Waals surface area contributed by atoms with Gasteiger partial charge < -0.3 is 10.1 Å². The molecule has 0 saturated carbocycles. The van der Waals surface area contributed by atoms with E-state index in [9.17, 15) is 0 Å². The van der Waals surface area contributed by atoms with E-state index < -0.39 is 0 Å². The van der Waals surface area contributed by atoms with Gasteiger partial charge in [0.1, 0.15) is 0 Å². The van der Waals surface area contributed by atoms with Crippen molar-refractivity contribution in [2.45, 2.75) is 26.7 Å². The van der Waals surface area contributed by atoms with Crippen LogP contribution in [0.15, 0.2) is 0 Å². The number of nitrogens with one attached hydrogen (secondary N) is 1. The molecule has 1 heterocycles. The molecule has 0 aromatic heterocycles. The molecule has 0 unspecified atom stereocenters. The lowest BCUT2D eigenvalue weighted by Gasteiger charge is -2.10. The second-order valence-corrected chi connectivity index (χ2v) is 2.36. The Labute approximate surface area is 64.0 Å². The molecule has 0 amide bonds. The lowest BCUT2D eigenvalue weighted by atomic mass is 10.4. The van der Waals surface area contributed by atoms with E-state index in [1.807, 2.05) is 0 Å². The third-order valence-electron chi connectivity index (χ3n) is 1.35. The van der Waals surface area contributed by atoms with Crippen LogP contribution in [-0.4, -0.2) is 26.3 Å². The Balaban J connectivity index is 0.000000180. The number of hydrogen-bond acceptors (Lipinski definition) is 2. The average molecular weight is 145 g/mol. The van der Waals surface area contributed by atoms with Crippen molar-refractivity contribution in [2.24, 2.45) is 0 Å². The third-order valence-corrected chi connectivity index (χ3v) is 1.35. The molecule has 0 aromatic carbocycles. The first-order valence-electron chi connectivity index (χ1n) is 4.20. The molecule has 1 fully saturated rings. The van der Waals surface area contributed by atoms with Gasteiger partial charge in [-0.3, -0.25) is 0 Å². The zero-order chi connectivity index (χ0) is 7.66. The number of ether oxygens (including phenoxy) is 1. The van der Waals surface area contributed by atoms with E-state index in [-0.39, 0.29) is 0 Å². The van der Waals surface area contributed by atoms with Crippen LogP contribution in [0.25, 0.3) is 0 Å². The number of morpholine rings is 1. The lowest BCUT2D eigenvalue weighted by Crippen LogP contribution is -2.30. The minimum atomic E-state index is 0.889. The van der Waals surface area contributed by atoms with Crippen LogP contribution in [0, 0.1) is 0 Å². The Morgan fingerprint density at radius 3 is 1.70 bits per heavy atom. The SMILES string of the molecule is C1COCCN1.CCCC. The van der Waals surface area contributed by atoms with Crippen LogP contribution in [0.5, 0.6) is 0 Å². The zero-order valence-electron chi connectivity index (χ0n) is 7.15. The van der Waals surface area contributed by atoms with Crippen molar-refractivity contribution in [2.75, 3.05) is 26.3 Å². The minimum absolute atomic E-state index is 0.889. The number of hydrogen-bond donors (Lipinski definition) is 1.